The third-order valence-electron chi connectivity index (χ3n) is 5.03. The summed E-state index contributed by atoms with van der Waals surface area (Å²) in [7, 11) is 2.06. The Hall–Kier alpha value is -2.12. The van der Waals surface area contributed by atoms with Gasteiger partial charge in [-0.05, 0) is 43.8 Å². The van der Waals surface area contributed by atoms with Crippen molar-refractivity contribution >= 4 is 42.3 Å². The van der Waals surface area contributed by atoms with Gasteiger partial charge in [0.05, 0.1) is 0 Å². The number of carbonyl (C=O) groups excluding carboxylic acids is 2. The largest absolute Gasteiger partial charge is 0.336 e. The average molecular weight is 439 g/mol. The highest BCUT2D eigenvalue weighted by atomic mass is 35.5. The van der Waals surface area contributed by atoms with Gasteiger partial charge in [0.25, 0.3) is 5.91 Å². The molecule has 8 heteroatoms. The topological polar surface area (TPSA) is 78.7 Å². The normalized spacial score (nSPS) is 16.0. The number of nitrogens with one attached hydrogen (secondary N) is 1. The Kier molecular flexibility index (Phi) is 9.11. The van der Waals surface area contributed by atoms with Gasteiger partial charge in [0, 0.05) is 37.4 Å². The Morgan fingerprint density at radius 3 is 2.03 bits per heavy atom. The van der Waals surface area contributed by atoms with E-state index in [1.165, 1.54) is 0 Å². The van der Waals surface area contributed by atoms with Crippen LogP contribution in [0.1, 0.15) is 22.8 Å². The second-order valence-electron chi connectivity index (χ2n) is 7.20. The van der Waals surface area contributed by atoms with Crippen molar-refractivity contribution in [2.75, 3.05) is 38.5 Å². The third-order valence-corrected chi connectivity index (χ3v) is 5.03. The van der Waals surface area contributed by atoms with Gasteiger partial charge in [0.2, 0.25) is 5.91 Å². The first-order valence-electron chi connectivity index (χ1n) is 9.11. The molecule has 0 aliphatic carbocycles. The van der Waals surface area contributed by atoms with E-state index in [1.807, 2.05) is 35.2 Å². The third kappa shape index (κ3) is 5.93. The van der Waals surface area contributed by atoms with Crippen molar-refractivity contribution in [3.63, 3.8) is 0 Å². The first kappa shape index (κ1) is 24.9. The molecule has 6 nitrogen and oxygen atoms in total. The van der Waals surface area contributed by atoms with Crippen molar-refractivity contribution in [1.29, 1.82) is 0 Å². The predicted octanol–water partition coefficient (Wildman–Crippen LogP) is 2.73. The lowest BCUT2D eigenvalue weighted by Gasteiger charge is -2.32. The van der Waals surface area contributed by atoms with Gasteiger partial charge in [-0.1, -0.05) is 30.3 Å². The summed E-state index contributed by atoms with van der Waals surface area (Å²) in [4.78, 5) is 29.3. The second kappa shape index (κ2) is 10.6. The van der Waals surface area contributed by atoms with Crippen molar-refractivity contribution < 1.29 is 9.59 Å². The molecule has 2 amide bonds. The number of hydrogen-bond acceptors (Lipinski definition) is 4. The summed E-state index contributed by atoms with van der Waals surface area (Å²) in [6, 6.07) is 16.2. The Balaban J connectivity index is 0.00000210. The van der Waals surface area contributed by atoms with E-state index in [9.17, 15) is 9.59 Å². The molecule has 2 aromatic carbocycles. The van der Waals surface area contributed by atoms with Crippen LogP contribution in [0.2, 0.25) is 0 Å². The van der Waals surface area contributed by atoms with Gasteiger partial charge < -0.3 is 20.9 Å². The molecule has 0 bridgehead atoms. The molecule has 1 unspecified atom stereocenters. The molecule has 0 radical (unpaired) electrons. The number of likely N-dealkylation sites (N-methyl/N-ethyl adjacent to an activating group) is 1. The van der Waals surface area contributed by atoms with Crippen LogP contribution in [-0.2, 0) is 10.3 Å². The molecule has 29 heavy (non-hydrogen) atoms. The molecule has 158 valence electrons. The number of benzene rings is 2. The van der Waals surface area contributed by atoms with E-state index in [-0.39, 0.29) is 36.6 Å². The smallest absolute Gasteiger partial charge is 0.253 e. The van der Waals surface area contributed by atoms with Gasteiger partial charge in [-0.15, -0.1) is 24.8 Å². The summed E-state index contributed by atoms with van der Waals surface area (Å²) in [5, 5.41) is 2.84. The molecule has 3 N–H and O–H groups in total. The van der Waals surface area contributed by atoms with Gasteiger partial charge in [0.15, 0.2) is 0 Å². The second-order valence-corrected chi connectivity index (χ2v) is 7.20. The van der Waals surface area contributed by atoms with Gasteiger partial charge in [-0.3, -0.25) is 9.59 Å². The Morgan fingerprint density at radius 1 is 0.931 bits per heavy atom. The molecule has 0 saturated carbocycles. The zero-order valence-corrected chi connectivity index (χ0v) is 18.3. The Bertz CT molecular complexity index is 805. The van der Waals surface area contributed by atoms with Gasteiger partial charge >= 0.3 is 0 Å². The first-order valence-corrected chi connectivity index (χ1v) is 9.11. The van der Waals surface area contributed by atoms with E-state index < -0.39 is 5.54 Å². The molecule has 1 fully saturated rings. The Morgan fingerprint density at radius 2 is 1.48 bits per heavy atom. The van der Waals surface area contributed by atoms with Crippen molar-refractivity contribution in [3.05, 3.63) is 65.7 Å². The van der Waals surface area contributed by atoms with Gasteiger partial charge in [0.1, 0.15) is 5.54 Å². The van der Waals surface area contributed by atoms with Gasteiger partial charge in [-0.2, -0.15) is 0 Å². The highest BCUT2D eigenvalue weighted by Crippen LogP contribution is 2.20. The molecule has 0 aromatic heterocycles. The first-order chi connectivity index (χ1) is 12.9. The minimum absolute atomic E-state index is 0. The SMILES string of the molecule is CN1CCN(C(=O)c2ccc(NC(=O)C(C)(N)c3ccccc3)cc2)CC1.Cl.Cl. The van der Waals surface area contributed by atoms with Crippen LogP contribution in [0.4, 0.5) is 5.69 Å². The number of nitrogens with two attached hydrogens (primary N) is 1. The zero-order chi connectivity index (χ0) is 19.4. The maximum atomic E-state index is 12.6. The molecule has 0 spiro atoms. The lowest BCUT2D eigenvalue weighted by molar-refractivity contribution is -0.120. The zero-order valence-electron chi connectivity index (χ0n) is 16.6. The van der Waals surface area contributed by atoms with E-state index in [1.54, 1.807) is 31.2 Å². The van der Waals surface area contributed by atoms with E-state index in [4.69, 9.17) is 5.73 Å². The highest BCUT2D eigenvalue weighted by Gasteiger charge is 2.30. The molecule has 1 saturated heterocycles. The fraction of sp³-hybridized carbons (Fsp3) is 0.333. The number of carbonyl (C=O) groups is 2. The lowest BCUT2D eigenvalue weighted by Crippen LogP contribution is -2.47. The number of hydrogen-bond donors (Lipinski definition) is 2. The molecular formula is C21H28Cl2N4O2. The average Bonchev–Trinajstić information content (AvgIpc) is 2.69. The maximum Gasteiger partial charge on any atom is 0.253 e. The number of nitrogens with zero attached hydrogens (tertiary/aromatic N) is 2. The van der Waals surface area contributed by atoms with Crippen LogP contribution in [0.5, 0.6) is 0 Å². The Labute approximate surface area is 184 Å². The molecule has 1 aliphatic rings. The molecule has 1 heterocycles. The molecule has 3 rings (SSSR count). The van der Waals surface area contributed by atoms with Gasteiger partial charge in [-0.25, -0.2) is 0 Å². The molecule has 1 atom stereocenters. The summed E-state index contributed by atoms with van der Waals surface area (Å²) in [6.45, 7) is 4.92. The van der Waals surface area contributed by atoms with Crippen LogP contribution in [0, 0.1) is 0 Å². The summed E-state index contributed by atoms with van der Waals surface area (Å²) < 4.78 is 0. The lowest BCUT2D eigenvalue weighted by atomic mass is 9.92. The summed E-state index contributed by atoms with van der Waals surface area (Å²) in [5.41, 5.74) is 7.07. The molecule has 1 aliphatic heterocycles. The van der Waals surface area contributed by atoms with E-state index >= 15 is 0 Å². The van der Waals surface area contributed by atoms with Crippen molar-refractivity contribution in [2.45, 2.75) is 12.5 Å². The number of piperazine rings is 1. The maximum absolute atomic E-state index is 12.6. The van der Waals surface area contributed by atoms with Crippen molar-refractivity contribution in [2.24, 2.45) is 5.73 Å². The van der Waals surface area contributed by atoms with Crippen molar-refractivity contribution in [3.8, 4) is 0 Å². The molecular weight excluding hydrogens is 411 g/mol. The quantitative estimate of drug-likeness (QED) is 0.768. The van der Waals surface area contributed by atoms with E-state index in [2.05, 4.69) is 17.3 Å². The number of rotatable bonds is 4. The fourth-order valence-corrected chi connectivity index (χ4v) is 3.06. The van der Waals surface area contributed by atoms with Crippen LogP contribution >= 0.6 is 24.8 Å². The van der Waals surface area contributed by atoms with Crippen LogP contribution in [-0.4, -0.2) is 54.8 Å². The fourth-order valence-electron chi connectivity index (χ4n) is 3.06. The summed E-state index contributed by atoms with van der Waals surface area (Å²) >= 11 is 0. The van der Waals surface area contributed by atoms with Crippen LogP contribution in [0.25, 0.3) is 0 Å². The predicted molar refractivity (Wildman–Crippen MR) is 121 cm³/mol. The van der Waals surface area contributed by atoms with Crippen LogP contribution in [0.15, 0.2) is 54.6 Å². The number of anilines is 1. The number of halogens is 2. The highest BCUT2D eigenvalue weighted by molar-refractivity contribution is 5.99. The minimum Gasteiger partial charge on any atom is -0.336 e. The molecule has 2 aromatic rings. The van der Waals surface area contributed by atoms with Crippen LogP contribution in [0.3, 0.4) is 0 Å². The standard InChI is InChI=1S/C21H26N4O2.2ClH/c1-21(22,17-6-4-3-5-7-17)20(27)23-18-10-8-16(9-11-18)19(26)25-14-12-24(2)13-15-25;;/h3-11H,12-15,22H2,1-2H3,(H,23,27);2*1H. The summed E-state index contributed by atoms with van der Waals surface area (Å²) in [6.07, 6.45) is 0. The van der Waals surface area contributed by atoms with E-state index in [0.29, 0.717) is 11.3 Å². The minimum atomic E-state index is -1.14. The van der Waals surface area contributed by atoms with Crippen LogP contribution < -0.4 is 11.1 Å². The monoisotopic (exact) mass is 438 g/mol. The number of amides is 2. The van der Waals surface area contributed by atoms with E-state index in [0.717, 1.165) is 31.7 Å². The summed E-state index contributed by atoms with van der Waals surface area (Å²) in [5.74, 6) is -0.277. The van der Waals surface area contributed by atoms with Crippen molar-refractivity contribution in [1.82, 2.24) is 9.80 Å².